The molecule has 4 heterocycles. The van der Waals surface area contributed by atoms with Crippen molar-refractivity contribution in [3.63, 3.8) is 0 Å². The van der Waals surface area contributed by atoms with Crippen molar-refractivity contribution in [3.05, 3.63) is 90.8 Å². The lowest BCUT2D eigenvalue weighted by Gasteiger charge is -2.59. The molecule has 6 atom stereocenters. The molecule has 8 rings (SSSR count). The summed E-state index contributed by atoms with van der Waals surface area (Å²) < 4.78 is 0. The number of amides is 2. The molecular weight excluding hydrogens is 677 g/mol. The summed E-state index contributed by atoms with van der Waals surface area (Å²) in [7, 11) is 4.13. The third kappa shape index (κ3) is 6.45. The number of fused-ring (bicyclic) bond motifs is 2. The molecule has 0 radical (unpaired) electrons. The minimum Gasteiger partial charge on any atom is -0.331 e. The zero-order valence-corrected chi connectivity index (χ0v) is 32.9. The summed E-state index contributed by atoms with van der Waals surface area (Å²) in [4.78, 5) is 67.8. The van der Waals surface area contributed by atoms with Gasteiger partial charge in [-0.05, 0) is 152 Å². The van der Waals surface area contributed by atoms with E-state index in [1.807, 2.05) is 12.1 Å². The van der Waals surface area contributed by atoms with Crippen LogP contribution in [0.4, 0.5) is 0 Å². The van der Waals surface area contributed by atoms with Crippen LogP contribution in [0.25, 0.3) is 0 Å². The summed E-state index contributed by atoms with van der Waals surface area (Å²) in [6.07, 6.45) is 16.7. The van der Waals surface area contributed by atoms with Gasteiger partial charge in [-0.3, -0.25) is 29.0 Å². The van der Waals surface area contributed by atoms with Crippen LogP contribution in [0.3, 0.4) is 0 Å². The maximum absolute atomic E-state index is 14.1. The number of hydrogen-bond acceptors (Lipinski definition) is 6. The molecule has 290 valence electrons. The zero-order chi connectivity index (χ0) is 37.8. The van der Waals surface area contributed by atoms with Gasteiger partial charge in [0, 0.05) is 36.6 Å². The van der Waals surface area contributed by atoms with E-state index in [2.05, 4.69) is 69.7 Å². The number of H-pyrrole nitrogens is 2. The Morgan fingerprint density at radius 2 is 1.11 bits per heavy atom. The van der Waals surface area contributed by atoms with E-state index in [9.17, 15) is 19.2 Å². The van der Waals surface area contributed by atoms with Gasteiger partial charge in [0.1, 0.15) is 0 Å². The molecule has 2 fully saturated rings. The van der Waals surface area contributed by atoms with E-state index in [0.29, 0.717) is 36.8 Å². The molecule has 2 aromatic rings. The van der Waals surface area contributed by atoms with Gasteiger partial charge >= 0.3 is 0 Å². The third-order valence-corrected chi connectivity index (χ3v) is 14.2. The molecule has 0 saturated carbocycles. The van der Waals surface area contributed by atoms with Crippen LogP contribution in [-0.2, 0) is 33.5 Å². The molecule has 2 aliphatic heterocycles. The van der Waals surface area contributed by atoms with Crippen molar-refractivity contribution in [2.45, 2.75) is 102 Å². The highest BCUT2D eigenvalue weighted by Gasteiger charge is 2.58. The topological polar surface area (TPSA) is 113 Å². The van der Waals surface area contributed by atoms with Gasteiger partial charge in [0.15, 0.2) is 0 Å². The van der Waals surface area contributed by atoms with E-state index in [4.69, 9.17) is 0 Å². The number of carbonyl (C=O) groups excluding carboxylic acids is 2. The summed E-state index contributed by atoms with van der Waals surface area (Å²) in [6.45, 7) is 8.49. The van der Waals surface area contributed by atoms with Crippen molar-refractivity contribution in [2.75, 3.05) is 53.4 Å². The first-order valence-corrected chi connectivity index (χ1v) is 20.8. The Hall–Kier alpha value is -3.76. The number of aromatic amines is 2. The Labute approximate surface area is 320 Å². The lowest BCUT2D eigenvalue weighted by atomic mass is 9.56. The molecular formula is C44H60N6O4. The molecule has 2 N–H and O–H groups in total. The number of pyridine rings is 2. The van der Waals surface area contributed by atoms with E-state index >= 15 is 0 Å². The second-order valence-electron chi connectivity index (χ2n) is 17.9. The van der Waals surface area contributed by atoms with Crippen LogP contribution >= 0.6 is 0 Å². The molecule has 4 aliphatic carbocycles. The minimum absolute atomic E-state index is 0.0627. The fourth-order valence-electron chi connectivity index (χ4n) is 12.3. The lowest BCUT2D eigenvalue weighted by Crippen LogP contribution is -2.63. The fraction of sp³-hybridized carbons (Fsp3) is 0.636. The summed E-state index contributed by atoms with van der Waals surface area (Å²) >= 11 is 0. The van der Waals surface area contributed by atoms with E-state index < -0.39 is 0 Å². The number of allylic oxidation sites excluding steroid dienone is 2. The maximum atomic E-state index is 14.1. The summed E-state index contributed by atoms with van der Waals surface area (Å²) in [6, 6.07) is 7.30. The van der Waals surface area contributed by atoms with Crippen molar-refractivity contribution >= 4 is 11.8 Å². The van der Waals surface area contributed by atoms with Crippen LogP contribution in [0.2, 0.25) is 0 Å². The van der Waals surface area contributed by atoms with Crippen LogP contribution in [-0.4, -0.2) is 94.7 Å². The van der Waals surface area contributed by atoms with Crippen molar-refractivity contribution < 1.29 is 9.59 Å². The molecule has 2 amide bonds. The van der Waals surface area contributed by atoms with Crippen molar-refractivity contribution in [1.29, 1.82) is 0 Å². The molecule has 0 aromatic carbocycles. The highest BCUT2D eigenvalue weighted by molar-refractivity contribution is 5.80. The first-order valence-electron chi connectivity index (χ1n) is 20.8. The van der Waals surface area contributed by atoms with Crippen molar-refractivity contribution in [2.24, 2.45) is 23.7 Å². The van der Waals surface area contributed by atoms with Crippen LogP contribution in [0.15, 0.2) is 57.2 Å². The van der Waals surface area contributed by atoms with Gasteiger partial charge in [-0.25, -0.2) is 0 Å². The smallest absolute Gasteiger partial charge is 0.248 e. The number of nitrogens with zero attached hydrogens (tertiary/aromatic N) is 4. The van der Waals surface area contributed by atoms with Gasteiger partial charge < -0.3 is 19.8 Å². The first-order chi connectivity index (χ1) is 26.0. The largest absolute Gasteiger partial charge is 0.331 e. The Bertz CT molecular complexity index is 1820. The monoisotopic (exact) mass is 736 g/mol. The average Bonchev–Trinajstić information content (AvgIpc) is 3.11. The Kier molecular flexibility index (Phi) is 10.1. The summed E-state index contributed by atoms with van der Waals surface area (Å²) in [5.41, 5.74) is 6.18. The SMILES string of the molecule is CC1=C[C@@H]2Cc3[nH]c(=O)ccc3[C@]3(C1)[C@@H]2CCCN3C(=O)CN(C)CCCCCCN(C)CC(=O)N1CCC[C@@H]2[C@@H]3C=C(C)C[C@@]21c1ccc(=O)[nH]c1C3. The Balaban J connectivity index is 0.821. The van der Waals surface area contributed by atoms with E-state index in [0.717, 1.165) is 126 Å². The number of nitrogens with one attached hydrogen (secondary N) is 2. The second kappa shape index (κ2) is 14.7. The minimum atomic E-state index is -0.365. The number of piperidine rings is 2. The zero-order valence-electron chi connectivity index (χ0n) is 32.9. The normalized spacial score (nSPS) is 29.5. The summed E-state index contributed by atoms with van der Waals surface area (Å²) in [5.74, 6) is 1.89. The Morgan fingerprint density at radius 3 is 1.54 bits per heavy atom. The molecule has 10 nitrogen and oxygen atoms in total. The number of hydrogen-bond donors (Lipinski definition) is 2. The van der Waals surface area contributed by atoms with Crippen LogP contribution < -0.4 is 11.1 Å². The number of unbranched alkanes of at least 4 members (excludes halogenated alkanes) is 3. The molecule has 4 bridgehead atoms. The number of likely N-dealkylation sites (N-methyl/N-ethyl adjacent to an activating group) is 2. The van der Waals surface area contributed by atoms with Crippen LogP contribution in [0, 0.1) is 23.7 Å². The first kappa shape index (κ1) is 37.2. The summed E-state index contributed by atoms with van der Waals surface area (Å²) in [5, 5.41) is 0. The average molecular weight is 737 g/mol. The van der Waals surface area contributed by atoms with Gasteiger partial charge in [-0.1, -0.05) is 36.1 Å². The van der Waals surface area contributed by atoms with Gasteiger partial charge in [0.2, 0.25) is 22.9 Å². The predicted octanol–water partition coefficient (Wildman–Crippen LogP) is 5.10. The fourth-order valence-corrected chi connectivity index (χ4v) is 12.3. The van der Waals surface area contributed by atoms with Gasteiger partial charge in [0.05, 0.1) is 24.2 Å². The predicted molar refractivity (Wildman–Crippen MR) is 211 cm³/mol. The molecule has 2 aromatic heterocycles. The molecule has 0 unspecified atom stereocenters. The Morgan fingerprint density at radius 1 is 0.685 bits per heavy atom. The maximum Gasteiger partial charge on any atom is 0.248 e. The van der Waals surface area contributed by atoms with Gasteiger partial charge in [-0.2, -0.15) is 0 Å². The lowest BCUT2D eigenvalue weighted by molar-refractivity contribution is -0.149. The quantitative estimate of drug-likeness (QED) is 0.246. The van der Waals surface area contributed by atoms with Crippen molar-refractivity contribution in [3.8, 4) is 0 Å². The van der Waals surface area contributed by atoms with E-state index in [1.165, 1.54) is 11.1 Å². The number of aromatic nitrogens is 2. The van der Waals surface area contributed by atoms with Gasteiger partial charge in [0.25, 0.3) is 0 Å². The molecule has 0 spiro atoms. The molecule has 54 heavy (non-hydrogen) atoms. The highest BCUT2D eigenvalue weighted by atomic mass is 16.2. The van der Waals surface area contributed by atoms with Crippen LogP contribution in [0.5, 0.6) is 0 Å². The highest BCUT2D eigenvalue weighted by Crippen LogP contribution is 2.58. The molecule has 2 saturated heterocycles. The number of rotatable bonds is 11. The second-order valence-corrected chi connectivity index (χ2v) is 17.9. The standard InChI is InChI=1S/C44H60N6O4/c1-29-21-31-23-37-35(13-15-39(51)45-37)43(25-29)33(31)11-9-19-49(43)41(53)27-47(3)17-7-5-6-8-18-48(4)28-42(54)50-20-10-12-34-32-22-30(2)26-44(34,50)36-14-16-40(52)46-38(36)24-32/h13-16,21-22,31-34H,5-12,17-20,23-28H2,1-4H3,(H,45,51)(H,46,52)/t31-,32-,33-,34-,43+,44+/m1/s1. The third-order valence-electron chi connectivity index (χ3n) is 14.2. The van der Waals surface area contributed by atoms with Crippen molar-refractivity contribution in [1.82, 2.24) is 29.6 Å². The van der Waals surface area contributed by atoms with E-state index in [1.54, 1.807) is 12.1 Å². The number of carbonyl (C=O) groups is 2. The molecule has 10 heteroatoms. The van der Waals surface area contributed by atoms with Gasteiger partial charge in [-0.15, -0.1) is 0 Å². The number of likely N-dealkylation sites (tertiary alicyclic amines) is 2. The van der Waals surface area contributed by atoms with Crippen LogP contribution in [0.1, 0.15) is 101 Å². The molecule has 6 aliphatic rings. The van der Waals surface area contributed by atoms with E-state index in [-0.39, 0.29) is 34.0 Å².